The summed E-state index contributed by atoms with van der Waals surface area (Å²) in [6.07, 6.45) is -6.99. The number of hydrogen-bond donors (Lipinski definition) is 0. The van der Waals surface area contributed by atoms with E-state index in [2.05, 4.69) is 4.18 Å². The molecule has 124 valence electrons. The number of nitrogens with zero attached hydrogens (tertiary/aromatic N) is 1. The van der Waals surface area contributed by atoms with Crippen molar-refractivity contribution in [2.75, 3.05) is 5.75 Å². The van der Waals surface area contributed by atoms with E-state index in [1.165, 1.54) is 0 Å². The molecule has 0 saturated heterocycles. The first-order chi connectivity index (χ1) is 10.1. The van der Waals surface area contributed by atoms with Crippen molar-refractivity contribution in [2.24, 2.45) is 0 Å². The molecule has 0 bridgehead atoms. The van der Waals surface area contributed by atoms with Crippen LogP contribution in [0.15, 0.2) is 24.3 Å². The van der Waals surface area contributed by atoms with Crippen molar-refractivity contribution in [3.63, 3.8) is 0 Å². The Kier molecular flexibility index (Phi) is 5.89. The molecule has 0 heterocycles. The fourth-order valence-corrected chi connectivity index (χ4v) is 2.84. The predicted octanol–water partition coefficient (Wildman–Crippen LogP) is 3.34. The molecule has 0 aliphatic rings. The minimum atomic E-state index is -4.96. The zero-order valence-corrected chi connectivity index (χ0v) is 12.4. The Balaban J connectivity index is 3.06. The summed E-state index contributed by atoms with van der Waals surface area (Å²) in [5, 5.41) is 10.5. The maximum absolute atomic E-state index is 13.0. The lowest BCUT2D eigenvalue weighted by Crippen LogP contribution is -2.27. The third-order valence-corrected chi connectivity index (χ3v) is 3.97. The third-order valence-electron chi connectivity index (χ3n) is 2.69. The lowest BCUT2D eigenvalue weighted by molar-refractivity contribution is -0.384. The molecular formula is C12H14F3NO5S. The number of hydrogen-bond acceptors (Lipinski definition) is 5. The van der Waals surface area contributed by atoms with Crippen LogP contribution in [0.1, 0.15) is 31.4 Å². The van der Waals surface area contributed by atoms with Crippen LogP contribution in [-0.4, -0.2) is 25.3 Å². The van der Waals surface area contributed by atoms with Gasteiger partial charge in [-0.2, -0.15) is 21.6 Å². The smallest absolute Gasteiger partial charge is 0.258 e. The second kappa shape index (κ2) is 7.05. The number of nitro groups is 1. The van der Waals surface area contributed by atoms with Crippen LogP contribution in [-0.2, 0) is 14.3 Å². The van der Waals surface area contributed by atoms with Crippen LogP contribution in [0.3, 0.4) is 0 Å². The van der Waals surface area contributed by atoms with E-state index in [-0.39, 0.29) is 6.42 Å². The van der Waals surface area contributed by atoms with Crippen LogP contribution in [0.2, 0.25) is 0 Å². The second-order valence-electron chi connectivity index (χ2n) is 4.48. The van der Waals surface area contributed by atoms with Crippen molar-refractivity contribution in [2.45, 2.75) is 32.0 Å². The summed E-state index contributed by atoms with van der Waals surface area (Å²) < 4.78 is 66.4. The summed E-state index contributed by atoms with van der Waals surface area (Å²) in [5.74, 6) is -0.525. The highest BCUT2D eigenvalue weighted by Gasteiger charge is 2.44. The third kappa shape index (κ3) is 5.26. The number of rotatable bonds is 7. The molecule has 1 atom stereocenters. The highest BCUT2D eigenvalue weighted by molar-refractivity contribution is 7.86. The molecule has 1 aromatic carbocycles. The zero-order chi connectivity index (χ0) is 17.0. The number of unbranched alkanes of at least 4 members (excludes halogenated alkanes) is 1. The monoisotopic (exact) mass is 341 g/mol. The van der Waals surface area contributed by atoms with Gasteiger partial charge in [0.15, 0.2) is 6.10 Å². The minimum Gasteiger partial charge on any atom is -0.258 e. The van der Waals surface area contributed by atoms with Gasteiger partial charge < -0.3 is 0 Å². The topological polar surface area (TPSA) is 86.5 Å². The van der Waals surface area contributed by atoms with Gasteiger partial charge in [-0.05, 0) is 24.1 Å². The van der Waals surface area contributed by atoms with Gasteiger partial charge in [0, 0.05) is 12.1 Å². The van der Waals surface area contributed by atoms with E-state index >= 15 is 0 Å². The van der Waals surface area contributed by atoms with Gasteiger partial charge in [-0.25, -0.2) is 0 Å². The molecule has 1 aromatic rings. The van der Waals surface area contributed by atoms with Crippen molar-refractivity contribution >= 4 is 15.8 Å². The summed E-state index contributed by atoms with van der Waals surface area (Å²) in [6.45, 7) is 1.69. The van der Waals surface area contributed by atoms with Gasteiger partial charge in [0.25, 0.3) is 15.8 Å². The average Bonchev–Trinajstić information content (AvgIpc) is 2.42. The fourth-order valence-electron chi connectivity index (χ4n) is 1.59. The quantitative estimate of drug-likeness (QED) is 0.431. The maximum atomic E-state index is 13.0. The zero-order valence-electron chi connectivity index (χ0n) is 11.5. The number of benzene rings is 1. The van der Waals surface area contributed by atoms with Crippen LogP contribution in [0.4, 0.5) is 18.9 Å². The van der Waals surface area contributed by atoms with Crippen LogP contribution in [0.5, 0.6) is 0 Å². The Morgan fingerprint density at radius 1 is 1.27 bits per heavy atom. The van der Waals surface area contributed by atoms with E-state index in [1.54, 1.807) is 6.92 Å². The number of halogens is 3. The van der Waals surface area contributed by atoms with Gasteiger partial charge >= 0.3 is 6.18 Å². The normalized spacial score (nSPS) is 13.8. The Morgan fingerprint density at radius 2 is 1.82 bits per heavy atom. The van der Waals surface area contributed by atoms with Crippen molar-refractivity contribution in [1.29, 1.82) is 0 Å². The van der Waals surface area contributed by atoms with Crippen LogP contribution in [0.25, 0.3) is 0 Å². The van der Waals surface area contributed by atoms with E-state index in [9.17, 15) is 31.7 Å². The Hall–Kier alpha value is -1.68. The summed E-state index contributed by atoms with van der Waals surface area (Å²) in [6, 6.07) is 3.36. The van der Waals surface area contributed by atoms with Gasteiger partial charge in [-0.3, -0.25) is 14.3 Å². The Bertz CT molecular complexity index is 613. The molecule has 0 saturated carbocycles. The van der Waals surface area contributed by atoms with E-state index in [0.717, 1.165) is 24.3 Å². The summed E-state index contributed by atoms with van der Waals surface area (Å²) in [4.78, 5) is 9.71. The lowest BCUT2D eigenvalue weighted by atomic mass is 10.1. The first kappa shape index (κ1) is 18.4. The van der Waals surface area contributed by atoms with E-state index in [1.807, 2.05) is 0 Å². The van der Waals surface area contributed by atoms with Crippen LogP contribution >= 0.6 is 0 Å². The predicted molar refractivity (Wildman–Crippen MR) is 71.7 cm³/mol. The summed E-state index contributed by atoms with van der Waals surface area (Å²) in [5.41, 5.74) is -0.920. The highest BCUT2D eigenvalue weighted by atomic mass is 32.2. The second-order valence-corrected chi connectivity index (χ2v) is 6.20. The van der Waals surface area contributed by atoms with Crippen LogP contribution in [0, 0.1) is 10.1 Å². The number of non-ortho nitro benzene ring substituents is 1. The molecule has 6 nitrogen and oxygen atoms in total. The molecule has 0 N–H and O–H groups in total. The van der Waals surface area contributed by atoms with Gasteiger partial charge in [0.1, 0.15) is 0 Å². The SMILES string of the molecule is CCCCS(=O)(=O)OC(c1ccc([N+](=O)[O-])cc1)C(F)(F)F. The molecule has 10 heteroatoms. The Morgan fingerprint density at radius 3 is 2.23 bits per heavy atom. The lowest BCUT2D eigenvalue weighted by Gasteiger charge is -2.20. The molecule has 0 aliphatic carbocycles. The molecule has 0 aromatic heterocycles. The molecule has 0 amide bonds. The van der Waals surface area contributed by atoms with E-state index < -0.39 is 44.3 Å². The first-order valence-electron chi connectivity index (χ1n) is 6.29. The van der Waals surface area contributed by atoms with Gasteiger partial charge in [0.2, 0.25) is 0 Å². The van der Waals surface area contributed by atoms with Gasteiger partial charge in [-0.1, -0.05) is 13.3 Å². The van der Waals surface area contributed by atoms with Crippen molar-refractivity contribution in [3.05, 3.63) is 39.9 Å². The largest absolute Gasteiger partial charge is 0.420 e. The standard InChI is InChI=1S/C12H14F3NO5S/c1-2-3-8-22(19,20)21-11(12(13,14)15)9-4-6-10(7-5-9)16(17)18/h4-7,11H,2-3,8H2,1H3. The van der Waals surface area contributed by atoms with Gasteiger partial charge in [-0.15, -0.1) is 0 Å². The molecule has 0 fully saturated rings. The Labute approximate surface area is 125 Å². The fraction of sp³-hybridized carbons (Fsp3) is 0.500. The van der Waals surface area contributed by atoms with Crippen molar-refractivity contribution in [1.82, 2.24) is 0 Å². The molecule has 1 rings (SSSR count). The van der Waals surface area contributed by atoms with E-state index in [0.29, 0.717) is 6.42 Å². The molecular weight excluding hydrogens is 327 g/mol. The molecule has 22 heavy (non-hydrogen) atoms. The van der Waals surface area contributed by atoms with Crippen molar-refractivity contribution < 1.29 is 30.7 Å². The minimum absolute atomic E-state index is 0.174. The maximum Gasteiger partial charge on any atom is 0.420 e. The first-order valence-corrected chi connectivity index (χ1v) is 7.86. The van der Waals surface area contributed by atoms with Gasteiger partial charge in [0.05, 0.1) is 10.7 Å². The average molecular weight is 341 g/mol. The van der Waals surface area contributed by atoms with Crippen LogP contribution < -0.4 is 0 Å². The summed E-state index contributed by atoms with van der Waals surface area (Å²) in [7, 11) is -4.35. The molecule has 1 unspecified atom stereocenters. The summed E-state index contributed by atoms with van der Waals surface area (Å²) >= 11 is 0. The van der Waals surface area contributed by atoms with Crippen molar-refractivity contribution in [3.8, 4) is 0 Å². The molecule has 0 aliphatic heterocycles. The molecule has 0 radical (unpaired) electrons. The van der Waals surface area contributed by atoms with E-state index in [4.69, 9.17) is 0 Å². The number of nitro benzene ring substituents is 1. The highest BCUT2D eigenvalue weighted by Crippen LogP contribution is 2.37. The molecule has 0 spiro atoms. The number of alkyl halides is 3.